The molecule has 28 heavy (non-hydrogen) atoms. The zero-order valence-electron chi connectivity index (χ0n) is 16.6. The average molecular weight is 377 g/mol. The van der Waals surface area contributed by atoms with Gasteiger partial charge in [-0.3, -0.25) is 9.59 Å². The van der Waals surface area contributed by atoms with Crippen LogP contribution in [0.4, 0.5) is 11.4 Å². The Bertz CT molecular complexity index is 891. The molecule has 1 atom stereocenters. The normalized spacial score (nSPS) is 18.9. The van der Waals surface area contributed by atoms with Gasteiger partial charge in [0.1, 0.15) is 6.17 Å². The van der Waals surface area contributed by atoms with E-state index in [9.17, 15) is 9.59 Å². The number of aryl methyl sites for hydroxylation is 1. The second kappa shape index (κ2) is 7.66. The molecule has 2 aliphatic rings. The Morgan fingerprint density at radius 3 is 2.64 bits per heavy atom. The highest BCUT2D eigenvalue weighted by molar-refractivity contribution is 6.08. The molecule has 2 aromatic rings. The summed E-state index contributed by atoms with van der Waals surface area (Å²) in [5.74, 6) is -0.0597. The minimum absolute atomic E-state index is 0.0945. The number of rotatable bonds is 3. The molecule has 0 radical (unpaired) electrons. The van der Waals surface area contributed by atoms with Crippen LogP contribution in [0.1, 0.15) is 58.9 Å². The first-order chi connectivity index (χ1) is 13.6. The summed E-state index contributed by atoms with van der Waals surface area (Å²) < 4.78 is 0. The Morgan fingerprint density at radius 2 is 1.89 bits per heavy atom. The standard InChI is InChI=1S/C23H27N3O2/c1-3-25-20-15-17(22(27)24-18-11-8-16(2)9-12-18)10-13-19(20)23(28)26-14-6-4-5-7-21(25)26/h8-13,15,21H,3-7,14H2,1-2H3,(H,24,27). The van der Waals surface area contributed by atoms with Crippen molar-refractivity contribution in [1.29, 1.82) is 0 Å². The van der Waals surface area contributed by atoms with Crippen LogP contribution in [-0.4, -0.2) is 36.0 Å². The van der Waals surface area contributed by atoms with E-state index in [2.05, 4.69) is 17.1 Å². The van der Waals surface area contributed by atoms with Crippen molar-refractivity contribution in [1.82, 2.24) is 4.90 Å². The first kappa shape index (κ1) is 18.5. The molecule has 2 aromatic carbocycles. The minimum Gasteiger partial charge on any atom is -0.351 e. The largest absolute Gasteiger partial charge is 0.351 e. The number of anilines is 2. The lowest BCUT2D eigenvalue weighted by atomic mass is 10.0. The van der Waals surface area contributed by atoms with Gasteiger partial charge in [0.15, 0.2) is 0 Å². The maximum Gasteiger partial charge on any atom is 0.257 e. The molecule has 1 N–H and O–H groups in total. The lowest BCUT2D eigenvalue weighted by Gasteiger charge is -2.44. The number of nitrogens with one attached hydrogen (secondary N) is 1. The van der Waals surface area contributed by atoms with E-state index in [1.807, 2.05) is 48.2 Å². The summed E-state index contributed by atoms with van der Waals surface area (Å²) in [6.45, 7) is 5.75. The van der Waals surface area contributed by atoms with Gasteiger partial charge in [-0.1, -0.05) is 24.1 Å². The van der Waals surface area contributed by atoms with Gasteiger partial charge >= 0.3 is 0 Å². The van der Waals surface area contributed by atoms with Gasteiger partial charge in [-0.2, -0.15) is 0 Å². The van der Waals surface area contributed by atoms with Crippen molar-refractivity contribution < 1.29 is 9.59 Å². The number of nitrogens with zero attached hydrogens (tertiary/aromatic N) is 2. The fraction of sp³-hybridized carbons (Fsp3) is 0.391. The summed E-state index contributed by atoms with van der Waals surface area (Å²) in [5, 5.41) is 2.95. The second-order valence-corrected chi connectivity index (χ2v) is 7.67. The van der Waals surface area contributed by atoms with Crippen molar-refractivity contribution in [2.24, 2.45) is 0 Å². The number of amides is 2. The molecule has 1 unspecified atom stereocenters. The van der Waals surface area contributed by atoms with Gasteiger partial charge in [-0.05, 0) is 63.4 Å². The molecule has 5 heteroatoms. The molecule has 1 saturated heterocycles. The van der Waals surface area contributed by atoms with E-state index in [0.717, 1.165) is 49.3 Å². The lowest BCUT2D eigenvalue weighted by molar-refractivity contribution is 0.0656. The molecule has 1 fully saturated rings. The lowest BCUT2D eigenvalue weighted by Crippen LogP contribution is -2.55. The summed E-state index contributed by atoms with van der Waals surface area (Å²) >= 11 is 0. The number of fused-ring (bicyclic) bond motifs is 2. The molecule has 0 spiro atoms. The predicted octanol–water partition coefficient (Wildman–Crippen LogP) is 4.43. The van der Waals surface area contributed by atoms with Crippen LogP contribution in [0.15, 0.2) is 42.5 Å². The number of hydrogen-bond donors (Lipinski definition) is 1. The molecule has 0 aromatic heterocycles. The van der Waals surface area contributed by atoms with Crippen LogP contribution in [0, 0.1) is 6.92 Å². The Kier molecular flexibility index (Phi) is 5.07. The Hall–Kier alpha value is -2.82. The monoisotopic (exact) mass is 377 g/mol. The summed E-state index contributed by atoms with van der Waals surface area (Å²) in [6, 6.07) is 13.2. The third-order valence-electron chi connectivity index (χ3n) is 5.79. The molecule has 5 nitrogen and oxygen atoms in total. The Balaban J connectivity index is 1.65. The SMILES string of the molecule is CCN1c2cc(C(=O)Nc3ccc(C)cc3)ccc2C(=O)N2CCCCCC21. The second-order valence-electron chi connectivity index (χ2n) is 7.67. The highest BCUT2D eigenvalue weighted by atomic mass is 16.2. The summed E-state index contributed by atoms with van der Waals surface area (Å²) in [7, 11) is 0. The molecule has 146 valence electrons. The molecule has 4 rings (SSSR count). The van der Waals surface area contributed by atoms with E-state index in [1.54, 1.807) is 6.07 Å². The van der Waals surface area contributed by atoms with Crippen LogP contribution in [0.3, 0.4) is 0 Å². The van der Waals surface area contributed by atoms with E-state index in [4.69, 9.17) is 0 Å². The van der Waals surface area contributed by atoms with Crippen LogP contribution in [0.25, 0.3) is 0 Å². The van der Waals surface area contributed by atoms with Crippen LogP contribution in [-0.2, 0) is 0 Å². The van der Waals surface area contributed by atoms with Gasteiger partial charge in [0.2, 0.25) is 0 Å². The topological polar surface area (TPSA) is 52.7 Å². The third kappa shape index (κ3) is 3.37. The van der Waals surface area contributed by atoms with E-state index in [1.165, 1.54) is 6.42 Å². The maximum absolute atomic E-state index is 13.1. The van der Waals surface area contributed by atoms with Gasteiger partial charge in [0.25, 0.3) is 11.8 Å². The van der Waals surface area contributed by atoms with E-state index in [0.29, 0.717) is 11.1 Å². The summed E-state index contributed by atoms with van der Waals surface area (Å²) in [4.78, 5) is 30.1. The van der Waals surface area contributed by atoms with Gasteiger partial charge < -0.3 is 15.1 Å². The molecule has 2 heterocycles. The van der Waals surface area contributed by atoms with Crippen molar-refractivity contribution in [3.8, 4) is 0 Å². The van der Waals surface area contributed by atoms with Gasteiger partial charge in [0, 0.05) is 24.3 Å². The summed E-state index contributed by atoms with van der Waals surface area (Å²) in [5.41, 5.74) is 4.08. The van der Waals surface area contributed by atoms with Crippen LogP contribution < -0.4 is 10.2 Å². The highest BCUT2D eigenvalue weighted by Gasteiger charge is 2.37. The average Bonchev–Trinajstić information content (AvgIpc) is 2.96. The quantitative estimate of drug-likeness (QED) is 0.861. The number of carbonyl (C=O) groups excluding carboxylic acids is 2. The molecule has 0 saturated carbocycles. The molecule has 0 aliphatic carbocycles. The van der Waals surface area contributed by atoms with Crippen LogP contribution in [0.2, 0.25) is 0 Å². The van der Waals surface area contributed by atoms with Crippen molar-refractivity contribution in [3.63, 3.8) is 0 Å². The highest BCUT2D eigenvalue weighted by Crippen LogP contribution is 2.35. The van der Waals surface area contributed by atoms with Gasteiger partial charge in [0.05, 0.1) is 11.3 Å². The third-order valence-corrected chi connectivity index (χ3v) is 5.79. The minimum atomic E-state index is -0.154. The fourth-order valence-electron chi connectivity index (χ4n) is 4.28. The zero-order chi connectivity index (χ0) is 19.7. The van der Waals surface area contributed by atoms with E-state index < -0.39 is 0 Å². The number of hydrogen-bond acceptors (Lipinski definition) is 3. The molecular weight excluding hydrogens is 350 g/mol. The van der Waals surface area contributed by atoms with E-state index >= 15 is 0 Å². The first-order valence-corrected chi connectivity index (χ1v) is 10.2. The van der Waals surface area contributed by atoms with Crippen molar-refractivity contribution in [2.75, 3.05) is 23.3 Å². The van der Waals surface area contributed by atoms with Crippen LogP contribution >= 0.6 is 0 Å². The fourth-order valence-corrected chi connectivity index (χ4v) is 4.28. The number of benzene rings is 2. The van der Waals surface area contributed by atoms with Gasteiger partial charge in [-0.15, -0.1) is 0 Å². The predicted molar refractivity (Wildman–Crippen MR) is 112 cm³/mol. The van der Waals surface area contributed by atoms with E-state index in [-0.39, 0.29) is 18.0 Å². The molecule has 0 bridgehead atoms. The summed E-state index contributed by atoms with van der Waals surface area (Å²) in [6.07, 6.45) is 4.44. The maximum atomic E-state index is 13.1. The Labute approximate surface area is 166 Å². The number of carbonyl (C=O) groups is 2. The first-order valence-electron chi connectivity index (χ1n) is 10.2. The Morgan fingerprint density at radius 1 is 1.11 bits per heavy atom. The van der Waals surface area contributed by atoms with Crippen molar-refractivity contribution >= 4 is 23.2 Å². The molecule has 2 amide bonds. The van der Waals surface area contributed by atoms with Crippen LogP contribution in [0.5, 0.6) is 0 Å². The van der Waals surface area contributed by atoms with Crippen molar-refractivity contribution in [3.05, 3.63) is 59.2 Å². The van der Waals surface area contributed by atoms with Crippen molar-refractivity contribution in [2.45, 2.75) is 45.7 Å². The molecule has 2 aliphatic heterocycles. The molecular formula is C23H27N3O2. The smallest absolute Gasteiger partial charge is 0.257 e. The zero-order valence-corrected chi connectivity index (χ0v) is 16.6. The van der Waals surface area contributed by atoms with Gasteiger partial charge in [-0.25, -0.2) is 0 Å².